The fourth-order valence-corrected chi connectivity index (χ4v) is 2.06. The standard InChI is InChI=1S/C15H17N3OS/c1-10(11-5-7-12(19-2)8-6-11)18-15-13(14(16)20)4-3-9-17-15/h3-10H,1-2H3,(H2,16,20)(H,17,18). The molecule has 0 radical (unpaired) electrons. The molecule has 5 heteroatoms. The lowest BCUT2D eigenvalue weighted by Gasteiger charge is -2.17. The molecule has 1 unspecified atom stereocenters. The number of aromatic nitrogens is 1. The number of methoxy groups -OCH3 is 1. The molecule has 3 N–H and O–H groups in total. The second-order valence-electron chi connectivity index (χ2n) is 4.40. The first-order valence-corrected chi connectivity index (χ1v) is 6.68. The molecule has 4 nitrogen and oxygen atoms in total. The highest BCUT2D eigenvalue weighted by molar-refractivity contribution is 7.80. The summed E-state index contributed by atoms with van der Waals surface area (Å²) in [6.45, 7) is 2.06. The van der Waals surface area contributed by atoms with Crippen LogP contribution in [0.2, 0.25) is 0 Å². The summed E-state index contributed by atoms with van der Waals surface area (Å²) in [5.41, 5.74) is 7.58. The van der Waals surface area contributed by atoms with E-state index in [0.717, 1.165) is 16.9 Å². The van der Waals surface area contributed by atoms with E-state index in [1.54, 1.807) is 13.3 Å². The summed E-state index contributed by atoms with van der Waals surface area (Å²) in [5, 5.41) is 3.33. The molecule has 1 atom stereocenters. The first-order valence-electron chi connectivity index (χ1n) is 6.27. The number of hydrogen-bond acceptors (Lipinski definition) is 4. The van der Waals surface area contributed by atoms with Crippen LogP contribution in [0.4, 0.5) is 5.82 Å². The highest BCUT2D eigenvalue weighted by atomic mass is 32.1. The van der Waals surface area contributed by atoms with Crippen LogP contribution in [0.3, 0.4) is 0 Å². The molecule has 1 heterocycles. The van der Waals surface area contributed by atoms with Crippen LogP contribution in [0.1, 0.15) is 24.1 Å². The van der Waals surface area contributed by atoms with Crippen LogP contribution in [-0.4, -0.2) is 17.1 Å². The van der Waals surface area contributed by atoms with E-state index in [4.69, 9.17) is 22.7 Å². The number of pyridine rings is 1. The molecule has 0 bridgehead atoms. The fraction of sp³-hybridized carbons (Fsp3) is 0.200. The quantitative estimate of drug-likeness (QED) is 0.828. The predicted molar refractivity (Wildman–Crippen MR) is 85.2 cm³/mol. The Hall–Kier alpha value is -2.14. The van der Waals surface area contributed by atoms with E-state index in [1.165, 1.54) is 0 Å². The third-order valence-corrected chi connectivity index (χ3v) is 3.26. The van der Waals surface area contributed by atoms with Crippen molar-refractivity contribution in [3.8, 4) is 5.75 Å². The molecule has 2 rings (SSSR count). The number of ether oxygens (including phenoxy) is 1. The van der Waals surface area contributed by atoms with Gasteiger partial charge in [-0.25, -0.2) is 4.98 Å². The van der Waals surface area contributed by atoms with Crippen molar-refractivity contribution in [1.29, 1.82) is 0 Å². The highest BCUT2D eigenvalue weighted by Crippen LogP contribution is 2.22. The van der Waals surface area contributed by atoms with Gasteiger partial charge >= 0.3 is 0 Å². The molecule has 0 amide bonds. The van der Waals surface area contributed by atoms with Crippen molar-refractivity contribution < 1.29 is 4.74 Å². The van der Waals surface area contributed by atoms with Crippen molar-refractivity contribution in [3.05, 3.63) is 53.7 Å². The zero-order valence-electron chi connectivity index (χ0n) is 11.5. The van der Waals surface area contributed by atoms with Crippen molar-refractivity contribution in [2.75, 3.05) is 12.4 Å². The van der Waals surface area contributed by atoms with Gasteiger partial charge in [-0.1, -0.05) is 24.4 Å². The minimum Gasteiger partial charge on any atom is -0.497 e. The van der Waals surface area contributed by atoms with Gasteiger partial charge in [0.05, 0.1) is 12.7 Å². The Morgan fingerprint density at radius 2 is 2.00 bits per heavy atom. The van der Waals surface area contributed by atoms with Gasteiger partial charge in [0.25, 0.3) is 0 Å². The lowest BCUT2D eigenvalue weighted by Crippen LogP contribution is -2.16. The van der Waals surface area contributed by atoms with E-state index in [1.807, 2.05) is 36.4 Å². The van der Waals surface area contributed by atoms with Crippen molar-refractivity contribution in [3.63, 3.8) is 0 Å². The molecule has 104 valence electrons. The molecule has 0 spiro atoms. The summed E-state index contributed by atoms with van der Waals surface area (Å²) >= 11 is 5.03. The number of anilines is 1. The maximum Gasteiger partial charge on any atom is 0.136 e. The minimum atomic E-state index is 0.0870. The first kappa shape index (κ1) is 14.3. The Kier molecular flexibility index (Phi) is 4.53. The average molecular weight is 287 g/mol. The Labute approximate surface area is 124 Å². The summed E-state index contributed by atoms with van der Waals surface area (Å²) in [6.07, 6.45) is 1.71. The number of nitrogens with two attached hydrogens (primary N) is 1. The van der Waals surface area contributed by atoms with E-state index in [2.05, 4.69) is 17.2 Å². The second kappa shape index (κ2) is 6.34. The topological polar surface area (TPSA) is 60.2 Å². The van der Waals surface area contributed by atoms with Gasteiger partial charge in [-0.05, 0) is 36.8 Å². The van der Waals surface area contributed by atoms with Gasteiger partial charge in [-0.3, -0.25) is 0 Å². The van der Waals surface area contributed by atoms with Gasteiger partial charge in [0, 0.05) is 12.2 Å². The van der Waals surface area contributed by atoms with Crippen LogP contribution in [0.5, 0.6) is 5.75 Å². The zero-order valence-corrected chi connectivity index (χ0v) is 12.3. The van der Waals surface area contributed by atoms with Crippen molar-refractivity contribution in [2.24, 2.45) is 5.73 Å². The summed E-state index contributed by atoms with van der Waals surface area (Å²) < 4.78 is 5.15. The molecular weight excluding hydrogens is 270 g/mol. The molecule has 0 saturated heterocycles. The van der Waals surface area contributed by atoms with Gasteiger partial charge in [0.2, 0.25) is 0 Å². The van der Waals surface area contributed by atoms with Crippen molar-refractivity contribution in [1.82, 2.24) is 4.98 Å². The third-order valence-electron chi connectivity index (χ3n) is 3.04. The molecule has 2 aromatic rings. The lowest BCUT2D eigenvalue weighted by molar-refractivity contribution is 0.414. The molecule has 1 aromatic heterocycles. The molecule has 0 saturated carbocycles. The summed E-state index contributed by atoms with van der Waals surface area (Å²) in [7, 11) is 1.65. The normalized spacial score (nSPS) is 11.7. The van der Waals surface area contributed by atoms with Crippen molar-refractivity contribution in [2.45, 2.75) is 13.0 Å². The lowest BCUT2D eigenvalue weighted by atomic mass is 10.1. The molecule has 0 fully saturated rings. The summed E-state index contributed by atoms with van der Waals surface area (Å²) in [4.78, 5) is 4.63. The minimum absolute atomic E-state index is 0.0870. The first-order chi connectivity index (χ1) is 9.61. The van der Waals surface area contributed by atoms with Gasteiger partial charge in [-0.15, -0.1) is 0 Å². The van der Waals surface area contributed by atoms with Crippen LogP contribution in [0.15, 0.2) is 42.6 Å². The largest absolute Gasteiger partial charge is 0.497 e. The Balaban J connectivity index is 2.18. The van der Waals surface area contributed by atoms with Gasteiger partial charge in [0.15, 0.2) is 0 Å². The third kappa shape index (κ3) is 3.24. The number of hydrogen-bond donors (Lipinski definition) is 2. The maximum atomic E-state index is 5.70. The number of nitrogens with zero attached hydrogens (tertiary/aromatic N) is 1. The van der Waals surface area contributed by atoms with Gasteiger partial charge in [-0.2, -0.15) is 0 Å². The Morgan fingerprint density at radius 3 is 2.60 bits per heavy atom. The van der Waals surface area contributed by atoms with E-state index in [9.17, 15) is 0 Å². The van der Waals surface area contributed by atoms with Crippen molar-refractivity contribution >= 4 is 23.0 Å². The number of benzene rings is 1. The Morgan fingerprint density at radius 1 is 1.30 bits per heavy atom. The van der Waals surface area contributed by atoms with Crippen LogP contribution >= 0.6 is 12.2 Å². The molecule has 0 aliphatic carbocycles. The smallest absolute Gasteiger partial charge is 0.136 e. The van der Waals surface area contributed by atoms with Crippen LogP contribution in [0.25, 0.3) is 0 Å². The maximum absolute atomic E-state index is 5.70. The molecule has 0 aliphatic rings. The molecule has 20 heavy (non-hydrogen) atoms. The summed E-state index contributed by atoms with van der Waals surface area (Å²) in [5.74, 6) is 1.53. The van der Waals surface area contributed by atoms with Crippen LogP contribution in [0, 0.1) is 0 Å². The molecular formula is C15H17N3OS. The number of thiocarbonyl (C=S) groups is 1. The van der Waals surface area contributed by atoms with Crippen LogP contribution in [-0.2, 0) is 0 Å². The monoisotopic (exact) mass is 287 g/mol. The second-order valence-corrected chi connectivity index (χ2v) is 4.84. The highest BCUT2D eigenvalue weighted by Gasteiger charge is 2.10. The Bertz CT molecular complexity index is 598. The van der Waals surface area contributed by atoms with E-state index in [-0.39, 0.29) is 6.04 Å². The summed E-state index contributed by atoms with van der Waals surface area (Å²) in [6, 6.07) is 11.7. The molecule has 1 aromatic carbocycles. The van der Waals surface area contributed by atoms with E-state index < -0.39 is 0 Å². The van der Waals surface area contributed by atoms with Gasteiger partial charge in [0.1, 0.15) is 16.6 Å². The fourth-order valence-electron chi connectivity index (χ4n) is 1.90. The van der Waals surface area contributed by atoms with E-state index >= 15 is 0 Å². The average Bonchev–Trinajstić information content (AvgIpc) is 2.47. The number of nitrogens with one attached hydrogen (secondary N) is 1. The molecule has 0 aliphatic heterocycles. The van der Waals surface area contributed by atoms with Gasteiger partial charge < -0.3 is 15.8 Å². The van der Waals surface area contributed by atoms with E-state index in [0.29, 0.717) is 10.8 Å². The predicted octanol–water partition coefficient (Wildman–Crippen LogP) is 2.90. The number of rotatable bonds is 5. The zero-order chi connectivity index (χ0) is 14.5. The SMILES string of the molecule is COc1ccc(C(C)Nc2ncccc2C(N)=S)cc1. The van der Waals surface area contributed by atoms with Crippen LogP contribution < -0.4 is 15.8 Å².